The van der Waals surface area contributed by atoms with Gasteiger partial charge in [-0.05, 0) is 25.7 Å². The van der Waals surface area contributed by atoms with Crippen LogP contribution in [0.5, 0.6) is 0 Å². The first kappa shape index (κ1) is 13.9. The van der Waals surface area contributed by atoms with E-state index >= 15 is 0 Å². The third-order valence-electron chi connectivity index (χ3n) is 3.32. The quantitative estimate of drug-likeness (QED) is 0.754. The molecule has 1 heterocycles. The fraction of sp³-hybridized carbons (Fsp3) is 0.714. The zero-order chi connectivity index (χ0) is 13.7. The molecule has 5 nitrogen and oxygen atoms in total. The zero-order valence-electron chi connectivity index (χ0n) is 12.0. The number of rotatable bonds is 8. The van der Waals surface area contributed by atoms with Crippen molar-refractivity contribution in [1.29, 1.82) is 0 Å². The average Bonchev–Trinajstić information content (AvgIpc) is 3.21. The van der Waals surface area contributed by atoms with Crippen molar-refractivity contribution in [2.75, 3.05) is 29.0 Å². The van der Waals surface area contributed by atoms with Gasteiger partial charge in [-0.2, -0.15) is 9.97 Å². The first-order valence-corrected chi connectivity index (χ1v) is 7.39. The second kappa shape index (κ2) is 6.59. The minimum Gasteiger partial charge on any atom is -0.370 e. The minimum atomic E-state index is 0.359. The molecule has 0 unspecified atom stereocenters. The van der Waals surface area contributed by atoms with Gasteiger partial charge >= 0.3 is 0 Å². The van der Waals surface area contributed by atoms with Gasteiger partial charge in [-0.25, -0.2) is 0 Å². The molecular weight excluding hydrogens is 238 g/mol. The van der Waals surface area contributed by atoms with Crippen LogP contribution in [-0.4, -0.2) is 29.1 Å². The van der Waals surface area contributed by atoms with Gasteiger partial charge in [0, 0.05) is 25.2 Å². The SMILES string of the molecule is CCCCN(c1cc(NCCC)nc(N)n1)C1CC1. The number of hydrogen-bond donors (Lipinski definition) is 2. The van der Waals surface area contributed by atoms with Gasteiger partial charge in [0.15, 0.2) is 0 Å². The summed E-state index contributed by atoms with van der Waals surface area (Å²) in [7, 11) is 0. The second-order valence-electron chi connectivity index (χ2n) is 5.17. The molecule has 0 aromatic carbocycles. The lowest BCUT2D eigenvalue weighted by Crippen LogP contribution is -2.28. The molecule has 1 fully saturated rings. The van der Waals surface area contributed by atoms with Gasteiger partial charge in [-0.1, -0.05) is 20.3 Å². The maximum atomic E-state index is 5.83. The summed E-state index contributed by atoms with van der Waals surface area (Å²) in [6, 6.07) is 2.68. The lowest BCUT2D eigenvalue weighted by atomic mass is 10.3. The summed E-state index contributed by atoms with van der Waals surface area (Å²) in [5.41, 5.74) is 5.83. The molecule has 19 heavy (non-hydrogen) atoms. The fourth-order valence-corrected chi connectivity index (χ4v) is 2.14. The van der Waals surface area contributed by atoms with Crippen molar-refractivity contribution in [3.8, 4) is 0 Å². The van der Waals surface area contributed by atoms with Crippen molar-refractivity contribution in [2.24, 2.45) is 0 Å². The molecule has 1 aromatic rings. The van der Waals surface area contributed by atoms with Crippen LogP contribution in [-0.2, 0) is 0 Å². The van der Waals surface area contributed by atoms with Crippen molar-refractivity contribution < 1.29 is 0 Å². The Balaban J connectivity index is 2.13. The van der Waals surface area contributed by atoms with Crippen molar-refractivity contribution >= 4 is 17.6 Å². The fourth-order valence-electron chi connectivity index (χ4n) is 2.14. The van der Waals surface area contributed by atoms with E-state index in [4.69, 9.17) is 5.73 Å². The van der Waals surface area contributed by atoms with Gasteiger partial charge in [-0.3, -0.25) is 0 Å². The number of nitrogens with two attached hydrogens (primary N) is 1. The predicted molar refractivity (Wildman–Crippen MR) is 80.5 cm³/mol. The number of anilines is 3. The number of hydrogen-bond acceptors (Lipinski definition) is 5. The summed E-state index contributed by atoms with van der Waals surface area (Å²) in [6.07, 6.45) is 6.00. The number of nitrogens with one attached hydrogen (secondary N) is 1. The van der Waals surface area contributed by atoms with E-state index in [1.807, 2.05) is 6.07 Å². The Kier molecular flexibility index (Phi) is 4.82. The third kappa shape index (κ3) is 3.98. The topological polar surface area (TPSA) is 67.1 Å². The molecule has 1 aromatic heterocycles. The average molecular weight is 263 g/mol. The molecule has 0 bridgehead atoms. The molecule has 0 saturated heterocycles. The smallest absolute Gasteiger partial charge is 0.223 e. The molecule has 0 radical (unpaired) electrons. The van der Waals surface area contributed by atoms with Gasteiger partial charge in [0.25, 0.3) is 0 Å². The van der Waals surface area contributed by atoms with Gasteiger partial charge in [0.2, 0.25) is 5.95 Å². The van der Waals surface area contributed by atoms with Gasteiger partial charge in [0.1, 0.15) is 11.6 Å². The molecule has 0 spiro atoms. The van der Waals surface area contributed by atoms with Gasteiger partial charge < -0.3 is 16.0 Å². The lowest BCUT2D eigenvalue weighted by molar-refractivity contribution is 0.704. The Labute approximate surface area is 115 Å². The summed E-state index contributed by atoms with van der Waals surface area (Å²) < 4.78 is 0. The standard InChI is InChI=1S/C14H25N5/c1-3-5-9-19(11-6-7-11)13-10-12(16-8-4-2)17-14(15)18-13/h10-11H,3-9H2,1-2H3,(H3,15,16,17,18). The minimum absolute atomic E-state index is 0.359. The van der Waals surface area contributed by atoms with Crippen LogP contribution in [0.4, 0.5) is 17.6 Å². The Morgan fingerprint density at radius 2 is 2.11 bits per heavy atom. The highest BCUT2D eigenvalue weighted by molar-refractivity contribution is 5.53. The van der Waals surface area contributed by atoms with Gasteiger partial charge in [-0.15, -0.1) is 0 Å². The summed E-state index contributed by atoms with van der Waals surface area (Å²) in [4.78, 5) is 11.0. The number of nitrogen functional groups attached to an aromatic ring is 1. The summed E-state index contributed by atoms with van der Waals surface area (Å²) in [5, 5.41) is 3.29. The summed E-state index contributed by atoms with van der Waals surface area (Å²) in [6.45, 7) is 6.32. The molecule has 5 heteroatoms. The summed E-state index contributed by atoms with van der Waals surface area (Å²) in [5.74, 6) is 2.17. The van der Waals surface area contributed by atoms with Crippen LogP contribution < -0.4 is 16.0 Å². The first-order chi connectivity index (χ1) is 9.24. The van der Waals surface area contributed by atoms with Crippen LogP contribution in [0.3, 0.4) is 0 Å². The van der Waals surface area contributed by atoms with Gasteiger partial charge in [0.05, 0.1) is 0 Å². The van der Waals surface area contributed by atoms with Crippen LogP contribution in [0.15, 0.2) is 6.07 Å². The summed E-state index contributed by atoms with van der Waals surface area (Å²) >= 11 is 0. The maximum Gasteiger partial charge on any atom is 0.223 e. The highest BCUT2D eigenvalue weighted by Crippen LogP contribution is 2.32. The molecule has 0 atom stereocenters. The highest BCUT2D eigenvalue weighted by Gasteiger charge is 2.30. The molecular formula is C14H25N5. The Hall–Kier alpha value is -1.52. The van der Waals surface area contributed by atoms with Crippen molar-refractivity contribution in [3.63, 3.8) is 0 Å². The van der Waals surface area contributed by atoms with Crippen LogP contribution in [0.1, 0.15) is 46.0 Å². The molecule has 106 valence electrons. The predicted octanol–water partition coefficient (Wildman–Crippen LogP) is 2.65. The molecule has 1 saturated carbocycles. The molecule has 2 rings (SSSR count). The van der Waals surface area contributed by atoms with E-state index in [0.717, 1.165) is 31.1 Å². The molecule has 0 aliphatic heterocycles. The molecule has 3 N–H and O–H groups in total. The van der Waals surface area contributed by atoms with Crippen molar-refractivity contribution in [2.45, 2.75) is 52.0 Å². The normalized spacial score (nSPS) is 14.4. The molecule has 1 aliphatic rings. The van der Waals surface area contributed by atoms with Crippen LogP contribution in [0, 0.1) is 0 Å². The Morgan fingerprint density at radius 1 is 1.32 bits per heavy atom. The van der Waals surface area contributed by atoms with E-state index in [0.29, 0.717) is 12.0 Å². The van der Waals surface area contributed by atoms with E-state index in [1.165, 1.54) is 25.7 Å². The third-order valence-corrected chi connectivity index (χ3v) is 3.32. The van der Waals surface area contributed by atoms with Crippen LogP contribution >= 0.6 is 0 Å². The van der Waals surface area contributed by atoms with Crippen LogP contribution in [0.2, 0.25) is 0 Å². The van der Waals surface area contributed by atoms with Crippen molar-refractivity contribution in [1.82, 2.24) is 9.97 Å². The van der Waals surface area contributed by atoms with E-state index in [2.05, 4.69) is 34.0 Å². The highest BCUT2D eigenvalue weighted by atomic mass is 15.3. The maximum absolute atomic E-state index is 5.83. The molecule has 1 aliphatic carbocycles. The van der Waals surface area contributed by atoms with Crippen molar-refractivity contribution in [3.05, 3.63) is 6.07 Å². The van der Waals surface area contributed by atoms with E-state index in [-0.39, 0.29) is 0 Å². The van der Waals surface area contributed by atoms with E-state index < -0.39 is 0 Å². The monoisotopic (exact) mass is 263 g/mol. The van der Waals surface area contributed by atoms with E-state index in [9.17, 15) is 0 Å². The Morgan fingerprint density at radius 3 is 2.74 bits per heavy atom. The number of aromatic nitrogens is 2. The first-order valence-electron chi connectivity index (χ1n) is 7.39. The molecule has 0 amide bonds. The lowest BCUT2D eigenvalue weighted by Gasteiger charge is -2.24. The largest absolute Gasteiger partial charge is 0.370 e. The zero-order valence-corrected chi connectivity index (χ0v) is 12.0. The number of unbranched alkanes of at least 4 members (excludes halogenated alkanes) is 1. The van der Waals surface area contributed by atoms with Crippen LogP contribution in [0.25, 0.3) is 0 Å². The number of nitrogens with zero attached hydrogens (tertiary/aromatic N) is 3. The Bertz CT molecular complexity index is 403. The second-order valence-corrected chi connectivity index (χ2v) is 5.17. The van der Waals surface area contributed by atoms with E-state index in [1.54, 1.807) is 0 Å².